The summed E-state index contributed by atoms with van der Waals surface area (Å²) in [6.45, 7) is 3.84. The zero-order chi connectivity index (χ0) is 23.5. The smallest absolute Gasteiger partial charge is 0.201 e. The van der Waals surface area contributed by atoms with Crippen LogP contribution in [0.3, 0.4) is 0 Å². The summed E-state index contributed by atoms with van der Waals surface area (Å²) in [5, 5.41) is 20.9. The molecule has 0 aromatic heterocycles. The number of phenolic OH excluding ortho intramolecular Hbond substituents is 2. The molecule has 0 atom stereocenters. The maximum absolute atomic E-state index is 13.2. The van der Waals surface area contributed by atoms with E-state index in [1.807, 2.05) is 0 Å². The number of benzene rings is 2. The second kappa shape index (κ2) is 9.74. The number of hydrogen-bond acceptors (Lipinski definition) is 5. The van der Waals surface area contributed by atoms with Crippen molar-refractivity contribution in [2.24, 2.45) is 0 Å². The Morgan fingerprint density at radius 3 is 2.06 bits per heavy atom. The summed E-state index contributed by atoms with van der Waals surface area (Å²) in [6.07, 6.45) is 7.37. The first kappa shape index (κ1) is 23.8. The fourth-order valence-electron chi connectivity index (χ4n) is 4.49. The van der Waals surface area contributed by atoms with Gasteiger partial charge in [-0.3, -0.25) is 9.59 Å². The molecule has 0 spiro atoms. The predicted molar refractivity (Wildman–Crippen MR) is 124 cm³/mol. The Kier molecular flexibility index (Phi) is 7.24. The first-order valence-corrected chi connectivity index (χ1v) is 11.4. The van der Waals surface area contributed by atoms with Crippen molar-refractivity contribution < 1.29 is 29.0 Å². The molecule has 0 heterocycles. The number of ether oxygens (including phenoxy) is 1. The minimum Gasteiger partial charge on any atom is -0.507 e. The molecular formula is C26H34NO5+. The second-order valence-electron chi connectivity index (χ2n) is 9.35. The molecule has 0 aliphatic heterocycles. The molecule has 0 radical (unpaired) electrons. The van der Waals surface area contributed by atoms with Crippen molar-refractivity contribution in [3.05, 3.63) is 52.1 Å². The third-order valence-electron chi connectivity index (χ3n) is 6.18. The van der Waals surface area contributed by atoms with Gasteiger partial charge in [0.05, 0.1) is 38.9 Å². The number of aromatic hydroxyl groups is 2. The molecular weight excluding hydrogens is 406 g/mol. The number of phenols is 2. The normalized spacial score (nSPS) is 13.1. The van der Waals surface area contributed by atoms with Gasteiger partial charge in [0.2, 0.25) is 5.78 Å². The third kappa shape index (κ3) is 4.96. The van der Waals surface area contributed by atoms with Crippen LogP contribution in [0.1, 0.15) is 82.9 Å². The quantitative estimate of drug-likeness (QED) is 0.349. The van der Waals surface area contributed by atoms with Crippen LogP contribution in [0.15, 0.2) is 24.3 Å². The average molecular weight is 441 g/mol. The number of carbonyl (C=O) groups excluding carboxylic acids is 2. The van der Waals surface area contributed by atoms with Gasteiger partial charge in [-0.1, -0.05) is 32.6 Å². The Morgan fingerprint density at radius 1 is 0.812 bits per heavy atom. The van der Waals surface area contributed by atoms with E-state index in [1.165, 1.54) is 51.3 Å². The number of methoxy groups -OCH3 is 1. The fraction of sp³-hybridized carbons (Fsp3) is 0.462. The highest BCUT2D eigenvalue weighted by Crippen LogP contribution is 2.39. The molecule has 32 heavy (non-hydrogen) atoms. The lowest BCUT2D eigenvalue weighted by atomic mass is 9.82. The monoisotopic (exact) mass is 440 g/mol. The highest BCUT2D eigenvalue weighted by molar-refractivity contribution is 6.30. The van der Waals surface area contributed by atoms with Gasteiger partial charge < -0.3 is 19.4 Å². The summed E-state index contributed by atoms with van der Waals surface area (Å²) in [7, 11) is 5.69. The van der Waals surface area contributed by atoms with E-state index >= 15 is 0 Å². The molecule has 0 saturated carbocycles. The summed E-state index contributed by atoms with van der Waals surface area (Å²) >= 11 is 0. The zero-order valence-electron chi connectivity index (χ0n) is 19.5. The van der Waals surface area contributed by atoms with Gasteiger partial charge in [0.25, 0.3) is 0 Å². The summed E-state index contributed by atoms with van der Waals surface area (Å²) in [4.78, 5) is 26.2. The Bertz CT molecular complexity index is 1030. The van der Waals surface area contributed by atoms with E-state index in [-0.39, 0.29) is 33.8 Å². The number of rotatable bonds is 10. The highest BCUT2D eigenvalue weighted by atomic mass is 16.5. The third-order valence-corrected chi connectivity index (χ3v) is 6.18. The largest absolute Gasteiger partial charge is 0.507 e. The molecule has 0 unspecified atom stereocenters. The van der Waals surface area contributed by atoms with Crippen molar-refractivity contribution in [2.45, 2.75) is 52.0 Å². The summed E-state index contributed by atoms with van der Waals surface area (Å²) in [5.41, 5.74) is 0.925. The van der Waals surface area contributed by atoms with E-state index in [0.717, 1.165) is 23.0 Å². The second-order valence-corrected chi connectivity index (χ2v) is 9.35. The van der Waals surface area contributed by atoms with Crippen molar-refractivity contribution in [1.29, 1.82) is 0 Å². The van der Waals surface area contributed by atoms with Gasteiger partial charge in [0.15, 0.2) is 5.78 Å². The zero-order valence-corrected chi connectivity index (χ0v) is 19.5. The van der Waals surface area contributed by atoms with Crippen LogP contribution < -0.4 is 4.74 Å². The summed E-state index contributed by atoms with van der Waals surface area (Å²) in [6, 6.07) is 6.02. The number of nitrogens with zero attached hydrogens (tertiary/aromatic N) is 1. The van der Waals surface area contributed by atoms with Crippen molar-refractivity contribution in [1.82, 2.24) is 0 Å². The maximum Gasteiger partial charge on any atom is 0.201 e. The number of unbranched alkanes of at least 4 members (excludes halogenated alkanes) is 5. The molecule has 1 aliphatic rings. The van der Waals surface area contributed by atoms with Crippen LogP contribution in [0.4, 0.5) is 0 Å². The van der Waals surface area contributed by atoms with Gasteiger partial charge in [-0.25, -0.2) is 0 Å². The van der Waals surface area contributed by atoms with Gasteiger partial charge in [-0.2, -0.15) is 0 Å². The molecule has 172 valence electrons. The van der Waals surface area contributed by atoms with Crippen molar-refractivity contribution >= 4 is 11.6 Å². The fourth-order valence-corrected chi connectivity index (χ4v) is 4.49. The molecule has 0 amide bonds. The number of carbonyl (C=O) groups is 2. The standard InChI is InChI=1S/C26H33NO5/c1-5-6-7-8-9-10-11-27(2,3)16-17-12-19-23(21(28)13-17)26(31)24-20(25(19)30)14-18(32-4)15-22(24)29/h12-15H,5-11,16H2,1-4H3,(H-,28,29,31)/p+1. The van der Waals surface area contributed by atoms with Crippen molar-refractivity contribution in [3.63, 3.8) is 0 Å². The van der Waals surface area contributed by atoms with Crippen LogP contribution >= 0.6 is 0 Å². The highest BCUT2D eigenvalue weighted by Gasteiger charge is 2.35. The van der Waals surface area contributed by atoms with Gasteiger partial charge in [-0.15, -0.1) is 0 Å². The molecule has 6 heteroatoms. The topological polar surface area (TPSA) is 83.8 Å². The average Bonchev–Trinajstić information content (AvgIpc) is 2.73. The van der Waals surface area contributed by atoms with Crippen LogP contribution in [0.25, 0.3) is 0 Å². The molecule has 3 rings (SSSR count). The van der Waals surface area contributed by atoms with Crippen LogP contribution in [0.5, 0.6) is 17.2 Å². The van der Waals surface area contributed by atoms with Gasteiger partial charge >= 0.3 is 0 Å². The summed E-state index contributed by atoms with van der Waals surface area (Å²) in [5.74, 6) is -1.22. The van der Waals surface area contributed by atoms with Crippen LogP contribution in [-0.2, 0) is 6.54 Å². The molecule has 6 nitrogen and oxygen atoms in total. The van der Waals surface area contributed by atoms with Gasteiger partial charge in [0, 0.05) is 22.8 Å². The van der Waals surface area contributed by atoms with Gasteiger partial charge in [-0.05, 0) is 31.0 Å². The molecule has 0 fully saturated rings. The van der Waals surface area contributed by atoms with Crippen LogP contribution in [0.2, 0.25) is 0 Å². The van der Waals surface area contributed by atoms with E-state index in [1.54, 1.807) is 12.1 Å². The Labute approximate surface area is 190 Å². The van der Waals surface area contributed by atoms with Gasteiger partial charge in [0.1, 0.15) is 23.8 Å². The number of ketones is 2. The molecule has 2 aromatic rings. The van der Waals surface area contributed by atoms with E-state index in [2.05, 4.69) is 21.0 Å². The first-order valence-electron chi connectivity index (χ1n) is 11.4. The molecule has 0 bridgehead atoms. The van der Waals surface area contributed by atoms with Crippen molar-refractivity contribution in [3.8, 4) is 17.2 Å². The number of fused-ring (bicyclic) bond motifs is 2. The predicted octanol–water partition coefficient (Wildman–Crippen LogP) is 4.82. The lowest BCUT2D eigenvalue weighted by molar-refractivity contribution is -0.903. The minimum atomic E-state index is -0.556. The van der Waals surface area contributed by atoms with E-state index in [4.69, 9.17) is 4.74 Å². The molecule has 1 aliphatic carbocycles. The molecule has 2 aromatic carbocycles. The van der Waals surface area contributed by atoms with Crippen LogP contribution in [0, 0.1) is 0 Å². The SMILES string of the molecule is CCCCCCCC[N+](C)(C)Cc1cc(O)c2c(c1)C(=O)c1cc(OC)cc(O)c1C2=O. The van der Waals surface area contributed by atoms with E-state index < -0.39 is 11.6 Å². The molecule has 2 N–H and O–H groups in total. The summed E-state index contributed by atoms with van der Waals surface area (Å²) < 4.78 is 5.86. The van der Waals surface area contributed by atoms with E-state index in [0.29, 0.717) is 12.3 Å². The molecule has 0 saturated heterocycles. The Balaban J connectivity index is 1.83. The van der Waals surface area contributed by atoms with Crippen molar-refractivity contribution in [2.75, 3.05) is 27.7 Å². The lowest BCUT2D eigenvalue weighted by Gasteiger charge is -2.30. The lowest BCUT2D eigenvalue weighted by Crippen LogP contribution is -2.39. The minimum absolute atomic E-state index is 0.0482. The first-order chi connectivity index (χ1) is 15.2. The Hall–Kier alpha value is -2.86. The van der Waals surface area contributed by atoms with Crippen LogP contribution in [-0.4, -0.2) is 54.0 Å². The number of quaternary nitrogens is 1. The number of hydrogen-bond donors (Lipinski definition) is 2. The maximum atomic E-state index is 13.2. The Morgan fingerprint density at radius 2 is 1.41 bits per heavy atom. The van der Waals surface area contributed by atoms with E-state index in [9.17, 15) is 19.8 Å².